The van der Waals surface area contributed by atoms with Crippen molar-refractivity contribution in [2.75, 3.05) is 16.3 Å². The molecule has 3 nitrogen and oxygen atoms in total. The number of halogens is 3. The average Bonchev–Trinajstić information content (AvgIpc) is 3.33. The topological polar surface area (TPSA) is 9.72 Å². The molecular formula is C32H42Cl3N3Pd. The fourth-order valence-corrected chi connectivity index (χ4v) is 11.3. The summed E-state index contributed by atoms with van der Waals surface area (Å²) in [6.07, 6.45) is 10.3. The molecule has 0 saturated carbocycles. The van der Waals surface area contributed by atoms with Crippen molar-refractivity contribution in [3.63, 3.8) is 0 Å². The first-order valence-corrected chi connectivity index (χ1v) is 19.7. The monoisotopic (exact) mass is 679 g/mol. The number of allylic oxidation sites excluding steroid dienone is 2. The Labute approximate surface area is 252 Å². The molecule has 2 heterocycles. The number of hydrogen-bond acceptors (Lipinski definition) is 3. The molecule has 7 heteroatoms. The molecule has 2 aromatic carbocycles. The Balaban J connectivity index is 1.99. The second kappa shape index (κ2) is 12.2. The number of anilines is 2. The average molecular weight is 681 g/mol. The molecule has 39 heavy (non-hydrogen) atoms. The van der Waals surface area contributed by atoms with Gasteiger partial charge in [-0.25, -0.2) is 0 Å². The summed E-state index contributed by atoms with van der Waals surface area (Å²) in [4.78, 5) is 4.73. The number of nitrogens with zero attached hydrogens (tertiary/aromatic N) is 3. The van der Waals surface area contributed by atoms with Crippen molar-refractivity contribution in [2.45, 2.75) is 83.7 Å². The first kappa shape index (κ1) is 30.5. The number of hydrogen-bond donors (Lipinski definition) is 0. The minimum absolute atomic E-state index is 0.306. The second-order valence-corrected chi connectivity index (χ2v) is 20.5. The van der Waals surface area contributed by atoms with Gasteiger partial charge in [-0.1, -0.05) is 0 Å². The van der Waals surface area contributed by atoms with Gasteiger partial charge in [-0.05, 0) is 0 Å². The number of para-hydroxylation sites is 2. The van der Waals surface area contributed by atoms with E-state index in [9.17, 15) is 0 Å². The van der Waals surface area contributed by atoms with Gasteiger partial charge in [0.25, 0.3) is 0 Å². The molecule has 0 saturated heterocycles. The van der Waals surface area contributed by atoms with Crippen LogP contribution in [0.4, 0.5) is 11.4 Å². The summed E-state index contributed by atoms with van der Waals surface area (Å²) in [7, 11) is 15.4. The van der Waals surface area contributed by atoms with Gasteiger partial charge in [0.05, 0.1) is 0 Å². The van der Waals surface area contributed by atoms with E-state index < -0.39 is 13.7 Å². The van der Waals surface area contributed by atoms with Gasteiger partial charge in [0.1, 0.15) is 0 Å². The van der Waals surface area contributed by atoms with Crippen molar-refractivity contribution < 1.29 is 13.7 Å². The van der Waals surface area contributed by atoms with Gasteiger partial charge in [-0.2, -0.15) is 0 Å². The van der Waals surface area contributed by atoms with Gasteiger partial charge in [0.15, 0.2) is 0 Å². The predicted octanol–water partition coefficient (Wildman–Crippen LogP) is 10.6. The molecule has 2 aliphatic heterocycles. The van der Waals surface area contributed by atoms with Crippen molar-refractivity contribution in [3.05, 3.63) is 94.4 Å². The van der Waals surface area contributed by atoms with Crippen molar-refractivity contribution in [2.24, 2.45) is 0 Å². The predicted molar refractivity (Wildman–Crippen MR) is 169 cm³/mol. The zero-order chi connectivity index (χ0) is 28.6. The van der Waals surface area contributed by atoms with E-state index in [2.05, 4.69) is 118 Å². The quantitative estimate of drug-likeness (QED) is 0.257. The molecule has 0 radical (unpaired) electrons. The van der Waals surface area contributed by atoms with E-state index in [4.69, 9.17) is 30.7 Å². The van der Waals surface area contributed by atoms with Gasteiger partial charge >= 0.3 is 254 Å². The summed E-state index contributed by atoms with van der Waals surface area (Å²) in [6, 6.07) is 13.3. The zero-order valence-corrected chi connectivity index (χ0v) is 28.1. The standard InChI is InChI=1S/C27H37N2.C5H5ClN.2ClH.Pd/c1-18(2)22-11-9-12-23(19(3)4)26(22)28-15-16-29(17-28)27-24(20(5)6)13-10-14-25(27)21(7)8;6-5-2-1-3-7-4-5;;;/h9-21H,1-8H3;1-3H,4H2;2*1H;/q;-1;;;+3/p-2. The van der Waals surface area contributed by atoms with E-state index in [-0.39, 0.29) is 4.64 Å². The minimum atomic E-state index is -3.43. The van der Waals surface area contributed by atoms with Gasteiger partial charge in [-0.15, -0.1) is 0 Å². The molecule has 216 valence electrons. The normalized spacial score (nSPS) is 17.0. The molecule has 2 aromatic rings. The summed E-state index contributed by atoms with van der Waals surface area (Å²) >= 11 is 3.10. The van der Waals surface area contributed by atoms with Gasteiger partial charge in [-0.3, -0.25) is 0 Å². The molecular weight excluding hydrogens is 639 g/mol. The van der Waals surface area contributed by atoms with Crippen molar-refractivity contribution in [1.29, 1.82) is 0 Å². The Bertz CT molecular complexity index is 1150. The van der Waals surface area contributed by atoms with E-state index in [1.807, 2.05) is 18.4 Å². The molecule has 4 rings (SSSR count). The van der Waals surface area contributed by atoms with Crippen LogP contribution in [0.3, 0.4) is 0 Å². The molecule has 0 fully saturated rings. The van der Waals surface area contributed by atoms with Crippen LogP contribution < -0.4 is 9.80 Å². The Morgan fingerprint density at radius 3 is 1.38 bits per heavy atom. The number of benzene rings is 2. The van der Waals surface area contributed by atoms with Gasteiger partial charge < -0.3 is 0 Å². The fraction of sp³-hybridized carbons (Fsp3) is 0.438. The van der Waals surface area contributed by atoms with Crippen LogP contribution in [0, 0.1) is 0 Å². The third-order valence-corrected chi connectivity index (χ3v) is 14.1. The molecule has 0 amide bonds. The van der Waals surface area contributed by atoms with E-state index in [1.165, 1.54) is 33.6 Å². The third-order valence-electron chi connectivity index (χ3n) is 7.26. The second-order valence-electron chi connectivity index (χ2n) is 11.4. The van der Waals surface area contributed by atoms with E-state index in [0.29, 0.717) is 30.2 Å². The van der Waals surface area contributed by atoms with Crippen molar-refractivity contribution >= 4 is 42.0 Å². The van der Waals surface area contributed by atoms with Crippen LogP contribution in [0.5, 0.6) is 0 Å². The Morgan fingerprint density at radius 1 is 0.667 bits per heavy atom. The molecule has 0 spiro atoms. The van der Waals surface area contributed by atoms with E-state index in [1.54, 1.807) is 0 Å². The molecule has 2 aliphatic rings. The Hall–Kier alpha value is -1.41. The van der Waals surface area contributed by atoms with Crippen LogP contribution in [-0.2, 0) is 13.7 Å². The summed E-state index contributed by atoms with van der Waals surface area (Å²) in [5, 5.41) is 0.735. The van der Waals surface area contributed by atoms with Crippen LogP contribution in [0.25, 0.3) is 0 Å². The summed E-state index contributed by atoms with van der Waals surface area (Å²) < 4.78 is 1.78. The maximum absolute atomic E-state index is 7.68. The van der Waals surface area contributed by atoms with E-state index >= 15 is 0 Å². The first-order valence-electron chi connectivity index (χ1n) is 13.7. The molecule has 0 aliphatic carbocycles. The van der Waals surface area contributed by atoms with Crippen LogP contribution in [-0.4, -0.2) is 14.7 Å². The number of rotatable bonds is 8. The molecule has 0 atom stereocenters. The summed E-state index contributed by atoms with van der Waals surface area (Å²) in [6.45, 7) is 18.5. The molecule has 0 unspecified atom stereocenters. The Morgan fingerprint density at radius 2 is 1.05 bits per heavy atom. The van der Waals surface area contributed by atoms with Gasteiger partial charge in [0.2, 0.25) is 0 Å². The summed E-state index contributed by atoms with van der Waals surface area (Å²) in [5.41, 5.74) is 7.61. The van der Waals surface area contributed by atoms with Crippen molar-refractivity contribution in [1.82, 2.24) is 3.53 Å². The van der Waals surface area contributed by atoms with Crippen LogP contribution >= 0.6 is 30.7 Å². The molecule has 0 bridgehead atoms. The molecule has 0 aromatic heterocycles. The van der Waals surface area contributed by atoms with Crippen LogP contribution in [0.15, 0.2) is 72.2 Å². The first-order chi connectivity index (χ1) is 18.4. The van der Waals surface area contributed by atoms with E-state index in [0.717, 1.165) is 5.03 Å². The van der Waals surface area contributed by atoms with Crippen molar-refractivity contribution in [3.8, 4) is 0 Å². The zero-order valence-electron chi connectivity index (χ0n) is 24.2. The fourth-order valence-electron chi connectivity index (χ4n) is 5.29. The molecule has 0 N–H and O–H groups in total. The SMILES string of the molecule is CC(C)c1cccc(C(C)C)c1N1C=CN(c2c(C(C)C)cccc2C(C)C)[CH]1[Pd]([Cl])([Cl])[N]1C=CC=C(Cl)C1. The van der Waals surface area contributed by atoms with Gasteiger partial charge in [0, 0.05) is 0 Å². The van der Waals surface area contributed by atoms with Crippen LogP contribution in [0.2, 0.25) is 0 Å². The van der Waals surface area contributed by atoms with Crippen LogP contribution in [0.1, 0.15) is 101 Å². The summed E-state index contributed by atoms with van der Waals surface area (Å²) in [5.74, 6) is 1.36. The maximum atomic E-state index is 7.68. The third kappa shape index (κ3) is 5.98. The Kier molecular flexibility index (Phi) is 9.57.